The summed E-state index contributed by atoms with van der Waals surface area (Å²) in [6.45, 7) is 2.09. The van der Waals surface area contributed by atoms with Gasteiger partial charge in [-0.25, -0.2) is 4.98 Å². The van der Waals surface area contributed by atoms with Crippen LogP contribution < -0.4 is 10.5 Å². The van der Waals surface area contributed by atoms with E-state index >= 15 is 0 Å². The van der Waals surface area contributed by atoms with E-state index in [1.54, 1.807) is 25.7 Å². The molecule has 5 nitrogen and oxygen atoms in total. The Labute approximate surface area is 158 Å². The predicted molar refractivity (Wildman–Crippen MR) is 109 cm³/mol. The summed E-state index contributed by atoms with van der Waals surface area (Å²) in [5.74, 6) is 0.947. The fraction of sp³-hybridized carbons (Fsp3) is 0.136. The van der Waals surface area contributed by atoms with Gasteiger partial charge in [0.2, 0.25) is 0 Å². The molecule has 3 heterocycles. The van der Waals surface area contributed by atoms with Gasteiger partial charge in [-0.2, -0.15) is 0 Å². The molecule has 0 aliphatic carbocycles. The van der Waals surface area contributed by atoms with Crippen molar-refractivity contribution < 1.29 is 4.74 Å². The number of methoxy groups -OCH3 is 1. The van der Waals surface area contributed by atoms with Crippen LogP contribution in [0.25, 0.3) is 11.3 Å². The Morgan fingerprint density at radius 1 is 1.00 bits per heavy atom. The van der Waals surface area contributed by atoms with Crippen molar-refractivity contribution in [2.24, 2.45) is 4.99 Å². The van der Waals surface area contributed by atoms with Crippen LogP contribution in [0, 0.1) is 6.92 Å². The molecule has 1 aliphatic heterocycles. The molecule has 0 unspecified atom stereocenters. The Morgan fingerprint density at radius 3 is 2.56 bits per heavy atom. The molecule has 0 amide bonds. The zero-order chi connectivity index (χ0) is 18.8. The second-order valence-corrected chi connectivity index (χ2v) is 6.48. The number of rotatable bonds is 4. The lowest BCUT2D eigenvalue weighted by Crippen LogP contribution is -2.00. The summed E-state index contributed by atoms with van der Waals surface area (Å²) in [6.07, 6.45) is 6.06. The summed E-state index contributed by atoms with van der Waals surface area (Å²) in [4.78, 5) is 13.4. The van der Waals surface area contributed by atoms with Crippen LogP contribution in [0.1, 0.15) is 28.7 Å². The largest absolute Gasteiger partial charge is 0.493 e. The molecule has 1 aliphatic rings. The molecule has 0 radical (unpaired) electrons. The molecule has 134 valence electrons. The number of hydrogen-bond donors (Lipinski definition) is 1. The minimum Gasteiger partial charge on any atom is -0.493 e. The van der Waals surface area contributed by atoms with E-state index in [0.717, 1.165) is 40.1 Å². The highest BCUT2D eigenvalue weighted by molar-refractivity contribution is 6.16. The number of aromatic nitrogens is 2. The molecule has 0 fully saturated rings. The summed E-state index contributed by atoms with van der Waals surface area (Å²) in [6, 6.07) is 14.3. The van der Waals surface area contributed by atoms with Crippen molar-refractivity contribution in [1.29, 1.82) is 0 Å². The van der Waals surface area contributed by atoms with E-state index < -0.39 is 0 Å². The molecule has 0 atom stereocenters. The Morgan fingerprint density at radius 2 is 1.81 bits per heavy atom. The first kappa shape index (κ1) is 17.0. The van der Waals surface area contributed by atoms with E-state index in [2.05, 4.69) is 41.2 Å². The Bertz CT molecular complexity index is 1050. The van der Waals surface area contributed by atoms with Crippen LogP contribution in [0.3, 0.4) is 0 Å². The third kappa shape index (κ3) is 3.31. The van der Waals surface area contributed by atoms with E-state index in [-0.39, 0.29) is 0 Å². The van der Waals surface area contributed by atoms with Crippen molar-refractivity contribution in [3.63, 3.8) is 0 Å². The summed E-state index contributed by atoms with van der Waals surface area (Å²) in [7, 11) is 1.60. The van der Waals surface area contributed by atoms with Crippen molar-refractivity contribution in [3.8, 4) is 5.75 Å². The predicted octanol–water partition coefficient (Wildman–Crippen LogP) is 4.14. The topological polar surface area (TPSA) is 73.4 Å². The lowest BCUT2D eigenvalue weighted by molar-refractivity contribution is 0.415. The first-order valence-electron chi connectivity index (χ1n) is 8.73. The van der Waals surface area contributed by atoms with Gasteiger partial charge in [0.15, 0.2) is 11.6 Å². The highest BCUT2D eigenvalue weighted by Crippen LogP contribution is 2.38. The summed E-state index contributed by atoms with van der Waals surface area (Å²) in [5.41, 5.74) is 13.3. The summed E-state index contributed by atoms with van der Waals surface area (Å²) in [5, 5.41) is 0. The number of allylic oxidation sites excluding steroid dienone is 1. The van der Waals surface area contributed by atoms with Crippen molar-refractivity contribution in [1.82, 2.24) is 9.97 Å². The van der Waals surface area contributed by atoms with Crippen LogP contribution in [0.4, 0.5) is 5.82 Å². The molecule has 2 N–H and O–H groups in total. The minimum atomic E-state index is 0.380. The zero-order valence-corrected chi connectivity index (χ0v) is 15.3. The Kier molecular flexibility index (Phi) is 4.42. The molecule has 4 rings (SSSR count). The van der Waals surface area contributed by atoms with Gasteiger partial charge in [-0.3, -0.25) is 9.98 Å². The van der Waals surface area contributed by atoms with Crippen LogP contribution in [0.15, 0.2) is 66.0 Å². The van der Waals surface area contributed by atoms with Crippen molar-refractivity contribution >= 4 is 22.8 Å². The van der Waals surface area contributed by atoms with Gasteiger partial charge in [0.1, 0.15) is 0 Å². The summed E-state index contributed by atoms with van der Waals surface area (Å²) >= 11 is 0. The SMILES string of the molecule is COc1cc(C2=C(c3ccncc3)N=C(c3cccc(C)c3)C2)cnc1N. The van der Waals surface area contributed by atoms with Crippen LogP contribution in [-0.4, -0.2) is 22.8 Å². The maximum absolute atomic E-state index is 5.89. The van der Waals surface area contributed by atoms with Gasteiger partial charge in [0.05, 0.1) is 18.5 Å². The number of anilines is 1. The van der Waals surface area contributed by atoms with Gasteiger partial charge in [-0.1, -0.05) is 29.8 Å². The lowest BCUT2D eigenvalue weighted by atomic mass is 9.96. The van der Waals surface area contributed by atoms with Gasteiger partial charge < -0.3 is 10.5 Å². The van der Waals surface area contributed by atoms with Crippen molar-refractivity contribution in [2.45, 2.75) is 13.3 Å². The van der Waals surface area contributed by atoms with Crippen LogP contribution >= 0.6 is 0 Å². The van der Waals surface area contributed by atoms with Crippen molar-refractivity contribution in [2.75, 3.05) is 12.8 Å². The fourth-order valence-electron chi connectivity index (χ4n) is 3.26. The zero-order valence-electron chi connectivity index (χ0n) is 15.3. The highest BCUT2D eigenvalue weighted by Gasteiger charge is 2.23. The second-order valence-electron chi connectivity index (χ2n) is 6.48. The molecule has 0 saturated carbocycles. The Balaban J connectivity index is 1.83. The number of pyridine rings is 2. The first-order valence-corrected chi connectivity index (χ1v) is 8.73. The standard InChI is InChI=1S/C22H20N4O/c1-14-4-3-5-16(10-14)19-12-18(17-11-20(27-2)22(23)25-13-17)21(26-19)15-6-8-24-9-7-15/h3-11,13H,12H2,1-2H3,(H2,23,25). The lowest BCUT2D eigenvalue weighted by Gasteiger charge is -2.10. The number of nitrogens with two attached hydrogens (primary N) is 1. The van der Waals surface area contributed by atoms with Gasteiger partial charge in [-0.05, 0) is 36.3 Å². The fourth-order valence-corrected chi connectivity index (χ4v) is 3.26. The molecule has 0 saturated heterocycles. The van der Waals surface area contributed by atoms with E-state index in [1.807, 2.05) is 18.2 Å². The number of nitrogen functional groups attached to an aromatic ring is 1. The number of ether oxygens (including phenoxy) is 1. The van der Waals surface area contributed by atoms with Gasteiger partial charge in [0, 0.05) is 36.1 Å². The van der Waals surface area contributed by atoms with Crippen molar-refractivity contribution in [3.05, 3.63) is 83.3 Å². The molecule has 2 aromatic heterocycles. The molecule has 3 aromatic rings. The highest BCUT2D eigenvalue weighted by atomic mass is 16.5. The molecule has 27 heavy (non-hydrogen) atoms. The number of aryl methyl sites for hydroxylation is 1. The maximum Gasteiger partial charge on any atom is 0.166 e. The number of aliphatic imine (C=N–C) groups is 1. The quantitative estimate of drug-likeness (QED) is 0.762. The van der Waals surface area contributed by atoms with E-state index in [9.17, 15) is 0 Å². The number of benzene rings is 1. The van der Waals surface area contributed by atoms with E-state index in [4.69, 9.17) is 15.5 Å². The average Bonchev–Trinajstić information content (AvgIpc) is 3.14. The Hall–Kier alpha value is -3.47. The normalized spacial score (nSPS) is 13.6. The van der Waals surface area contributed by atoms with Crippen LogP contribution in [0.2, 0.25) is 0 Å². The van der Waals surface area contributed by atoms with Crippen LogP contribution in [0.5, 0.6) is 5.75 Å². The van der Waals surface area contributed by atoms with E-state index in [1.165, 1.54) is 5.56 Å². The second kappa shape index (κ2) is 7.03. The molecular formula is C22H20N4O. The molecule has 0 bridgehead atoms. The minimum absolute atomic E-state index is 0.380. The number of nitrogens with zero attached hydrogens (tertiary/aromatic N) is 3. The average molecular weight is 356 g/mol. The molecule has 1 aromatic carbocycles. The molecule has 0 spiro atoms. The van der Waals surface area contributed by atoms with E-state index in [0.29, 0.717) is 11.6 Å². The van der Waals surface area contributed by atoms with Gasteiger partial charge >= 0.3 is 0 Å². The van der Waals surface area contributed by atoms with Gasteiger partial charge in [-0.15, -0.1) is 0 Å². The smallest absolute Gasteiger partial charge is 0.166 e. The van der Waals surface area contributed by atoms with Gasteiger partial charge in [0.25, 0.3) is 0 Å². The van der Waals surface area contributed by atoms with Crippen LogP contribution in [-0.2, 0) is 0 Å². The third-order valence-electron chi connectivity index (χ3n) is 4.63. The monoisotopic (exact) mass is 356 g/mol. The first-order chi connectivity index (χ1) is 13.2. The molecular weight excluding hydrogens is 336 g/mol. The third-order valence-corrected chi connectivity index (χ3v) is 4.63. The maximum atomic E-state index is 5.89. The number of hydrogen-bond acceptors (Lipinski definition) is 5. The summed E-state index contributed by atoms with van der Waals surface area (Å²) < 4.78 is 5.36. The molecule has 5 heteroatoms.